The molecule has 2 aromatic heterocycles. The Kier molecular flexibility index (Phi) is 2.88. The van der Waals surface area contributed by atoms with Crippen molar-refractivity contribution in [1.29, 1.82) is 0 Å². The Morgan fingerprint density at radius 1 is 1.27 bits per heavy atom. The molecule has 2 aromatic rings. The highest BCUT2D eigenvalue weighted by Crippen LogP contribution is 2.15. The fraction of sp³-hybridized carbons (Fsp3) is 0.182. The summed E-state index contributed by atoms with van der Waals surface area (Å²) in [7, 11) is 0. The summed E-state index contributed by atoms with van der Waals surface area (Å²) in [5, 5.41) is 3.08. The Balaban J connectivity index is 2.33. The van der Waals surface area contributed by atoms with Crippen molar-refractivity contribution >= 4 is 5.95 Å². The molecule has 0 aliphatic rings. The van der Waals surface area contributed by atoms with Gasteiger partial charge in [0.15, 0.2) is 0 Å². The van der Waals surface area contributed by atoms with Gasteiger partial charge in [-0.2, -0.15) is 0 Å². The van der Waals surface area contributed by atoms with Crippen molar-refractivity contribution in [1.82, 2.24) is 15.0 Å². The zero-order chi connectivity index (χ0) is 10.5. The molecular weight excluding hydrogens is 188 g/mol. The smallest absolute Gasteiger partial charge is 0.223 e. The highest BCUT2D eigenvalue weighted by atomic mass is 15.1. The van der Waals surface area contributed by atoms with Crippen LogP contribution in [0.4, 0.5) is 5.95 Å². The Labute approximate surface area is 88.4 Å². The lowest BCUT2D eigenvalue weighted by atomic mass is 10.2. The third-order valence-electron chi connectivity index (χ3n) is 1.95. The molecule has 2 heterocycles. The van der Waals surface area contributed by atoms with E-state index in [1.807, 2.05) is 25.1 Å². The van der Waals surface area contributed by atoms with Crippen LogP contribution in [0.2, 0.25) is 0 Å². The monoisotopic (exact) mass is 200 g/mol. The molecule has 76 valence electrons. The SMILES string of the molecule is CCNc1nccc(-c2cccnc2)n1. The Morgan fingerprint density at radius 2 is 2.20 bits per heavy atom. The summed E-state index contributed by atoms with van der Waals surface area (Å²) in [6.07, 6.45) is 5.28. The molecule has 0 aliphatic heterocycles. The first-order valence-electron chi connectivity index (χ1n) is 4.87. The van der Waals surface area contributed by atoms with E-state index in [0.717, 1.165) is 17.8 Å². The first-order chi connectivity index (χ1) is 7.40. The molecule has 15 heavy (non-hydrogen) atoms. The van der Waals surface area contributed by atoms with E-state index in [1.165, 1.54) is 0 Å². The second-order valence-corrected chi connectivity index (χ2v) is 3.04. The van der Waals surface area contributed by atoms with Crippen LogP contribution in [0.15, 0.2) is 36.8 Å². The van der Waals surface area contributed by atoms with Gasteiger partial charge in [-0.25, -0.2) is 9.97 Å². The van der Waals surface area contributed by atoms with Crippen LogP contribution in [0.1, 0.15) is 6.92 Å². The first-order valence-corrected chi connectivity index (χ1v) is 4.87. The van der Waals surface area contributed by atoms with E-state index < -0.39 is 0 Å². The fourth-order valence-electron chi connectivity index (χ4n) is 1.28. The molecule has 0 unspecified atom stereocenters. The second kappa shape index (κ2) is 4.50. The van der Waals surface area contributed by atoms with Gasteiger partial charge in [0.1, 0.15) is 0 Å². The number of pyridine rings is 1. The molecular formula is C11H12N4. The minimum atomic E-state index is 0.652. The lowest BCUT2D eigenvalue weighted by molar-refractivity contribution is 1.09. The lowest BCUT2D eigenvalue weighted by Gasteiger charge is -2.03. The number of hydrogen-bond acceptors (Lipinski definition) is 4. The van der Waals surface area contributed by atoms with Crippen molar-refractivity contribution in [3.63, 3.8) is 0 Å². The second-order valence-electron chi connectivity index (χ2n) is 3.04. The molecule has 0 saturated carbocycles. The minimum absolute atomic E-state index is 0.652. The van der Waals surface area contributed by atoms with Crippen LogP contribution < -0.4 is 5.32 Å². The normalized spacial score (nSPS) is 9.93. The number of hydrogen-bond donors (Lipinski definition) is 1. The highest BCUT2D eigenvalue weighted by Gasteiger charge is 2.00. The molecule has 0 aromatic carbocycles. The van der Waals surface area contributed by atoms with Crippen LogP contribution in [0.3, 0.4) is 0 Å². The van der Waals surface area contributed by atoms with Gasteiger partial charge in [-0.15, -0.1) is 0 Å². The summed E-state index contributed by atoms with van der Waals surface area (Å²) >= 11 is 0. The first kappa shape index (κ1) is 9.58. The Hall–Kier alpha value is -1.97. The maximum atomic E-state index is 4.37. The van der Waals surface area contributed by atoms with Crippen molar-refractivity contribution in [3.05, 3.63) is 36.8 Å². The quantitative estimate of drug-likeness (QED) is 0.823. The number of nitrogens with zero attached hydrogens (tertiary/aromatic N) is 3. The summed E-state index contributed by atoms with van der Waals surface area (Å²) in [5.74, 6) is 0.652. The van der Waals surface area contributed by atoms with Crippen LogP contribution in [0.25, 0.3) is 11.3 Å². The minimum Gasteiger partial charge on any atom is -0.354 e. The van der Waals surface area contributed by atoms with Crippen LogP contribution >= 0.6 is 0 Å². The Morgan fingerprint density at radius 3 is 2.93 bits per heavy atom. The lowest BCUT2D eigenvalue weighted by Crippen LogP contribution is -2.02. The molecule has 4 nitrogen and oxygen atoms in total. The van der Waals surface area contributed by atoms with Gasteiger partial charge in [-0.1, -0.05) is 0 Å². The van der Waals surface area contributed by atoms with Gasteiger partial charge in [-0.3, -0.25) is 4.98 Å². The number of aromatic nitrogens is 3. The van der Waals surface area contributed by atoms with E-state index in [1.54, 1.807) is 18.6 Å². The van der Waals surface area contributed by atoms with Crippen molar-refractivity contribution in [2.75, 3.05) is 11.9 Å². The van der Waals surface area contributed by atoms with Crippen molar-refractivity contribution in [2.24, 2.45) is 0 Å². The summed E-state index contributed by atoms with van der Waals surface area (Å²) in [5.41, 5.74) is 1.88. The van der Waals surface area contributed by atoms with Gasteiger partial charge in [-0.05, 0) is 25.1 Å². The number of nitrogens with one attached hydrogen (secondary N) is 1. The molecule has 0 fully saturated rings. The van der Waals surface area contributed by atoms with E-state index in [4.69, 9.17) is 0 Å². The molecule has 2 rings (SSSR count). The van der Waals surface area contributed by atoms with Crippen molar-refractivity contribution < 1.29 is 0 Å². The van der Waals surface area contributed by atoms with Crippen LogP contribution in [0.5, 0.6) is 0 Å². The van der Waals surface area contributed by atoms with Crippen LogP contribution in [-0.2, 0) is 0 Å². The maximum Gasteiger partial charge on any atom is 0.223 e. The average Bonchev–Trinajstić information content (AvgIpc) is 2.31. The molecule has 0 saturated heterocycles. The maximum absolute atomic E-state index is 4.37. The molecule has 0 spiro atoms. The molecule has 4 heteroatoms. The van der Waals surface area contributed by atoms with E-state index in [0.29, 0.717) is 5.95 Å². The van der Waals surface area contributed by atoms with Crippen LogP contribution in [0, 0.1) is 0 Å². The molecule has 0 atom stereocenters. The summed E-state index contributed by atoms with van der Waals surface area (Å²) < 4.78 is 0. The summed E-state index contributed by atoms with van der Waals surface area (Å²) in [4.78, 5) is 12.5. The van der Waals surface area contributed by atoms with E-state index in [2.05, 4.69) is 20.3 Å². The molecule has 0 radical (unpaired) electrons. The molecule has 0 aliphatic carbocycles. The number of rotatable bonds is 3. The predicted molar refractivity (Wildman–Crippen MR) is 59.4 cm³/mol. The third kappa shape index (κ3) is 2.28. The van der Waals surface area contributed by atoms with E-state index >= 15 is 0 Å². The van der Waals surface area contributed by atoms with Gasteiger partial charge in [0.2, 0.25) is 5.95 Å². The van der Waals surface area contributed by atoms with Crippen molar-refractivity contribution in [2.45, 2.75) is 6.92 Å². The van der Waals surface area contributed by atoms with Gasteiger partial charge in [0.05, 0.1) is 5.69 Å². The highest BCUT2D eigenvalue weighted by molar-refractivity contribution is 5.58. The summed E-state index contributed by atoms with van der Waals surface area (Å²) in [6.45, 7) is 2.83. The van der Waals surface area contributed by atoms with Crippen LogP contribution in [-0.4, -0.2) is 21.5 Å². The van der Waals surface area contributed by atoms with Gasteiger partial charge in [0, 0.05) is 30.7 Å². The largest absolute Gasteiger partial charge is 0.354 e. The zero-order valence-electron chi connectivity index (χ0n) is 8.51. The zero-order valence-corrected chi connectivity index (χ0v) is 8.51. The van der Waals surface area contributed by atoms with Gasteiger partial charge >= 0.3 is 0 Å². The standard InChI is InChI=1S/C11H12N4/c1-2-13-11-14-7-5-10(15-11)9-4-3-6-12-8-9/h3-8H,2H2,1H3,(H,13,14,15). The van der Waals surface area contributed by atoms with Gasteiger partial charge < -0.3 is 5.32 Å². The van der Waals surface area contributed by atoms with E-state index in [9.17, 15) is 0 Å². The average molecular weight is 200 g/mol. The predicted octanol–water partition coefficient (Wildman–Crippen LogP) is 1.97. The van der Waals surface area contributed by atoms with Gasteiger partial charge in [0.25, 0.3) is 0 Å². The summed E-state index contributed by atoms with van der Waals surface area (Å²) in [6, 6.07) is 5.74. The third-order valence-corrected chi connectivity index (χ3v) is 1.95. The number of anilines is 1. The van der Waals surface area contributed by atoms with E-state index in [-0.39, 0.29) is 0 Å². The Bertz CT molecular complexity index is 428. The molecule has 1 N–H and O–H groups in total. The topological polar surface area (TPSA) is 50.7 Å². The fourth-order valence-corrected chi connectivity index (χ4v) is 1.28. The van der Waals surface area contributed by atoms with Crippen molar-refractivity contribution in [3.8, 4) is 11.3 Å². The molecule has 0 bridgehead atoms. The molecule has 0 amide bonds.